The standard InChI is InChI=1S/C17H22N3O.C12H11F3N2.Pb/c1-13-10-15(11-18)14(2)16(13)12-19-17(21)6-5-9-20-7-3-4-8-20;1-2-17-8-10(9-6-4-3-5-7-9)11(16-17)12(13,14)15;/h5-7,10,14,16H,1,3-4,8-9,12H2,2H3,(H,19,21);3-8H,2H2,1H3;/b6-5+;;. The zero-order chi connectivity index (χ0) is 28.6. The topological polar surface area (TPSA) is 74.0 Å². The first kappa shape index (κ1) is 30.8. The van der Waals surface area contributed by atoms with Crippen LogP contribution in [0.1, 0.15) is 32.4 Å². The molecule has 1 aliphatic carbocycles. The number of hydrogen-bond donors (Lipinski definition) is 1. The molecule has 2 heterocycles. The van der Waals surface area contributed by atoms with Crippen LogP contribution >= 0.6 is 0 Å². The monoisotopic (exact) mass is 732 g/mol. The maximum absolute atomic E-state index is 12.8. The molecule has 205 valence electrons. The van der Waals surface area contributed by atoms with Crippen molar-refractivity contribution in [2.24, 2.45) is 11.8 Å². The minimum atomic E-state index is -4.43. The van der Waals surface area contributed by atoms with Crippen LogP contribution in [0.3, 0.4) is 0 Å². The number of alkyl halides is 3. The summed E-state index contributed by atoms with van der Waals surface area (Å²) in [6, 6.07) is 10.7. The number of nitrogens with zero attached hydrogens (tertiary/aromatic N) is 4. The number of nitrogens with one attached hydrogen (secondary N) is 1. The second kappa shape index (κ2) is 14.1. The van der Waals surface area contributed by atoms with Crippen LogP contribution in [-0.2, 0) is 17.5 Å². The Hall–Kier alpha value is -2.72. The number of benzene rings is 1. The molecule has 1 aromatic heterocycles. The van der Waals surface area contributed by atoms with Gasteiger partial charge >= 0.3 is 150 Å². The van der Waals surface area contributed by atoms with E-state index in [1.54, 1.807) is 43.3 Å². The van der Waals surface area contributed by atoms with Crippen LogP contribution in [-0.4, -0.2) is 69.6 Å². The molecule has 0 saturated carbocycles. The third-order valence-electron chi connectivity index (χ3n) is 6.95. The fraction of sp³-hybridized carbons (Fsp3) is 0.414. The third kappa shape index (κ3) is 8.38. The van der Waals surface area contributed by atoms with Crippen LogP contribution in [0.25, 0.3) is 11.1 Å². The van der Waals surface area contributed by atoms with Crippen molar-refractivity contribution >= 4 is 31.7 Å². The number of aromatic nitrogens is 2. The maximum Gasteiger partial charge on any atom is 0.435 e. The zero-order valence-electron chi connectivity index (χ0n) is 22.2. The molecule has 4 rings (SSSR count). The van der Waals surface area contributed by atoms with Gasteiger partial charge in [0.05, 0.1) is 0 Å². The van der Waals surface area contributed by atoms with Gasteiger partial charge in [0, 0.05) is 18.3 Å². The molecular weight excluding hydrogens is 699 g/mol. The Balaban J connectivity index is 0.000000223. The summed E-state index contributed by atoms with van der Waals surface area (Å²) in [7, 11) is 0. The summed E-state index contributed by atoms with van der Waals surface area (Å²) >= 11 is 1.20. The van der Waals surface area contributed by atoms with Crippen LogP contribution < -0.4 is 5.32 Å². The smallest absolute Gasteiger partial charge is 0.272 e. The third-order valence-corrected chi connectivity index (χ3v) is 9.49. The summed E-state index contributed by atoms with van der Waals surface area (Å²) in [6.07, 6.45) is 5.02. The van der Waals surface area contributed by atoms with E-state index in [4.69, 9.17) is 5.26 Å². The van der Waals surface area contributed by atoms with Crippen molar-refractivity contribution in [3.8, 4) is 17.2 Å². The Morgan fingerprint density at radius 1 is 1.33 bits per heavy atom. The van der Waals surface area contributed by atoms with E-state index >= 15 is 0 Å². The van der Waals surface area contributed by atoms with Gasteiger partial charge in [0.25, 0.3) is 0 Å². The Bertz CT molecular complexity index is 1250. The molecular formula is C29H33F3N5OPb. The summed E-state index contributed by atoms with van der Waals surface area (Å²) in [5.74, 6) is 0.211. The van der Waals surface area contributed by atoms with Gasteiger partial charge in [-0.1, -0.05) is 30.3 Å². The van der Waals surface area contributed by atoms with Gasteiger partial charge in [0.2, 0.25) is 0 Å². The molecule has 10 heteroatoms. The molecule has 1 saturated heterocycles. The molecule has 1 aliphatic heterocycles. The molecule has 0 bridgehead atoms. The van der Waals surface area contributed by atoms with Crippen LogP contribution in [0.5, 0.6) is 0 Å². The number of carbonyl (C=O) groups excluding carboxylic acids is 1. The predicted octanol–water partition coefficient (Wildman–Crippen LogP) is 5.11. The number of carbonyl (C=O) groups is 1. The summed E-state index contributed by atoms with van der Waals surface area (Å²) in [6.45, 7) is 10.7. The Morgan fingerprint density at radius 2 is 2.05 bits per heavy atom. The first-order valence-corrected chi connectivity index (χ1v) is 15.2. The van der Waals surface area contributed by atoms with E-state index in [1.165, 1.54) is 49.5 Å². The van der Waals surface area contributed by atoms with E-state index in [0.29, 0.717) is 18.7 Å². The van der Waals surface area contributed by atoms with Gasteiger partial charge in [0.15, 0.2) is 5.69 Å². The van der Waals surface area contributed by atoms with Gasteiger partial charge in [-0.3, -0.25) is 4.68 Å². The molecule has 3 atom stereocenters. The van der Waals surface area contributed by atoms with Gasteiger partial charge < -0.3 is 0 Å². The molecule has 1 N–H and O–H groups in total. The van der Waals surface area contributed by atoms with Gasteiger partial charge in [-0.2, -0.15) is 23.5 Å². The summed E-state index contributed by atoms with van der Waals surface area (Å²) in [5.41, 5.74) is 1.51. The average Bonchev–Trinajstić information content (AvgIpc) is 3.61. The predicted molar refractivity (Wildman–Crippen MR) is 146 cm³/mol. The Labute approximate surface area is 243 Å². The Kier molecular flexibility index (Phi) is 11.1. The summed E-state index contributed by atoms with van der Waals surface area (Å²) < 4.78 is 40.5. The molecule has 1 fully saturated rings. The molecule has 2 aromatic rings. The van der Waals surface area contributed by atoms with Crippen LogP contribution in [0.4, 0.5) is 13.2 Å². The second-order valence-electron chi connectivity index (χ2n) is 9.59. The first-order valence-electron chi connectivity index (χ1n) is 12.9. The fourth-order valence-electron chi connectivity index (χ4n) is 4.65. The van der Waals surface area contributed by atoms with Crippen LogP contribution in [0.15, 0.2) is 72.5 Å². The van der Waals surface area contributed by atoms with Crippen molar-refractivity contribution in [1.82, 2.24) is 20.0 Å². The molecule has 1 aromatic carbocycles. The fourth-order valence-corrected chi connectivity index (χ4v) is 6.35. The van der Waals surface area contributed by atoms with E-state index in [1.807, 2.05) is 19.1 Å². The number of amides is 1. The minimum Gasteiger partial charge on any atom is -0.272 e. The molecule has 3 unspecified atom stereocenters. The largest absolute Gasteiger partial charge is 0.435 e. The van der Waals surface area contributed by atoms with E-state index in [9.17, 15) is 18.0 Å². The summed E-state index contributed by atoms with van der Waals surface area (Å²) in [5, 5.41) is 15.5. The normalized spacial score (nSPS) is 21.4. The number of rotatable bonds is 7. The van der Waals surface area contributed by atoms with E-state index in [0.717, 1.165) is 27.8 Å². The number of allylic oxidation sites excluding steroid dienone is 2. The molecule has 6 nitrogen and oxygen atoms in total. The molecule has 3 radical (unpaired) electrons. The second-order valence-corrected chi connectivity index (χ2v) is 12.2. The number of aryl methyl sites for hydroxylation is 1. The molecule has 1 amide bonds. The minimum absolute atomic E-state index is 0.0606. The average molecular weight is 732 g/mol. The van der Waals surface area contributed by atoms with E-state index < -0.39 is 11.9 Å². The number of nitriles is 1. The van der Waals surface area contributed by atoms with E-state index in [-0.39, 0.29) is 23.3 Å². The maximum atomic E-state index is 12.8. The number of halogens is 3. The van der Waals surface area contributed by atoms with Gasteiger partial charge in [-0.25, -0.2) is 0 Å². The van der Waals surface area contributed by atoms with E-state index in [2.05, 4.69) is 28.0 Å². The van der Waals surface area contributed by atoms with Crippen molar-refractivity contribution < 1.29 is 18.0 Å². The SMILES string of the molecule is C=C1C=C(C#N)C(C)C1CNC(=O)/C=C/CN1CCC[CH]1[Pb].CCn1cc(-c2ccccc2)c(C(F)(F)F)n1. The first-order chi connectivity index (χ1) is 18.5. The molecule has 0 spiro atoms. The van der Waals surface area contributed by atoms with Crippen molar-refractivity contribution in [3.63, 3.8) is 0 Å². The van der Waals surface area contributed by atoms with Gasteiger partial charge in [-0.05, 0) is 12.5 Å². The zero-order valence-corrected chi connectivity index (χ0v) is 26.1. The van der Waals surface area contributed by atoms with Gasteiger partial charge in [-0.15, -0.1) is 0 Å². The van der Waals surface area contributed by atoms with Crippen molar-refractivity contribution in [3.05, 3.63) is 78.2 Å². The molecule has 2 aliphatic rings. The number of hydrogen-bond acceptors (Lipinski definition) is 4. The summed E-state index contributed by atoms with van der Waals surface area (Å²) in [4.78, 5) is 14.3. The quantitative estimate of drug-likeness (QED) is 0.318. The molecule has 39 heavy (non-hydrogen) atoms. The number of likely N-dealkylation sites (tertiary alicyclic amines) is 1. The van der Waals surface area contributed by atoms with Crippen LogP contribution in [0, 0.1) is 23.2 Å². The van der Waals surface area contributed by atoms with Crippen molar-refractivity contribution in [2.45, 2.75) is 43.0 Å². The van der Waals surface area contributed by atoms with Crippen LogP contribution in [0.2, 0.25) is 0 Å². The van der Waals surface area contributed by atoms with Gasteiger partial charge in [0.1, 0.15) is 0 Å². The van der Waals surface area contributed by atoms with Crippen molar-refractivity contribution in [1.29, 1.82) is 5.26 Å². The Morgan fingerprint density at radius 3 is 2.62 bits per heavy atom. The van der Waals surface area contributed by atoms with Crippen molar-refractivity contribution in [2.75, 3.05) is 19.6 Å².